The Morgan fingerprint density at radius 3 is 2.68 bits per heavy atom. The van der Waals surface area contributed by atoms with Crippen LogP contribution in [0, 0.1) is 5.92 Å². The van der Waals surface area contributed by atoms with Gasteiger partial charge in [0, 0.05) is 44.0 Å². The number of piperidine rings is 1. The Hall–Kier alpha value is -3.11. The summed E-state index contributed by atoms with van der Waals surface area (Å²) in [6.07, 6.45) is 2.73. The molecule has 0 bridgehead atoms. The van der Waals surface area contributed by atoms with E-state index in [2.05, 4.69) is 5.32 Å². The van der Waals surface area contributed by atoms with E-state index in [9.17, 15) is 18.0 Å². The zero-order valence-corrected chi connectivity index (χ0v) is 19.8. The van der Waals surface area contributed by atoms with Gasteiger partial charge in [0.1, 0.15) is 0 Å². The predicted molar refractivity (Wildman–Crippen MR) is 125 cm³/mol. The summed E-state index contributed by atoms with van der Waals surface area (Å²) < 4.78 is 38.9. The Balaban J connectivity index is 1.31. The molecule has 34 heavy (non-hydrogen) atoms. The second kappa shape index (κ2) is 8.92. The third-order valence-corrected chi connectivity index (χ3v) is 8.44. The van der Waals surface area contributed by atoms with E-state index in [1.807, 2.05) is 0 Å². The van der Waals surface area contributed by atoms with Crippen molar-refractivity contribution in [1.29, 1.82) is 0 Å². The number of sulfonamides is 1. The molecule has 1 atom stereocenters. The van der Waals surface area contributed by atoms with Gasteiger partial charge in [-0.15, -0.1) is 0 Å². The summed E-state index contributed by atoms with van der Waals surface area (Å²) in [5.74, 6) is 0.468. The molecule has 3 aliphatic heterocycles. The Morgan fingerprint density at radius 1 is 1.03 bits per heavy atom. The fraction of sp³-hybridized carbons (Fsp3) is 0.417. The molecule has 1 unspecified atom stereocenters. The second-order valence-corrected chi connectivity index (χ2v) is 10.8. The number of ether oxygens (including phenoxy) is 2. The van der Waals surface area contributed by atoms with E-state index in [1.54, 1.807) is 41.3 Å². The minimum atomic E-state index is -3.77. The van der Waals surface area contributed by atoms with Crippen LogP contribution in [0.1, 0.15) is 31.7 Å². The molecule has 10 heteroatoms. The smallest absolute Gasteiger partial charge is 0.243 e. The van der Waals surface area contributed by atoms with Crippen molar-refractivity contribution in [2.45, 2.75) is 37.5 Å². The third kappa shape index (κ3) is 4.23. The Labute approximate surface area is 198 Å². The van der Waals surface area contributed by atoms with Crippen LogP contribution in [0.2, 0.25) is 0 Å². The first-order chi connectivity index (χ1) is 16.3. The molecule has 3 heterocycles. The van der Waals surface area contributed by atoms with Crippen LogP contribution >= 0.6 is 0 Å². The quantitative estimate of drug-likeness (QED) is 0.714. The lowest BCUT2D eigenvalue weighted by Crippen LogP contribution is -2.43. The van der Waals surface area contributed by atoms with E-state index in [1.165, 1.54) is 11.2 Å². The normalized spacial score (nSPS) is 20.0. The van der Waals surface area contributed by atoms with Crippen LogP contribution in [0.5, 0.6) is 11.5 Å². The number of carbonyl (C=O) groups is 2. The van der Waals surface area contributed by atoms with Gasteiger partial charge in [0.05, 0.1) is 10.8 Å². The minimum Gasteiger partial charge on any atom is -0.454 e. The zero-order valence-electron chi connectivity index (χ0n) is 19.0. The third-order valence-electron chi connectivity index (χ3n) is 6.58. The molecule has 2 aromatic carbocycles. The highest BCUT2D eigenvalue weighted by atomic mass is 32.2. The number of carbonyl (C=O) groups excluding carboxylic acids is 2. The SMILES string of the molecule is CC(=O)N1CCCc2cc(S(=O)(=O)N3CCCC(C(=O)Nc4ccc5c(c4)OCO5)C3)ccc21. The highest BCUT2D eigenvalue weighted by Gasteiger charge is 2.34. The number of fused-ring (bicyclic) bond motifs is 2. The molecule has 0 saturated carbocycles. The predicted octanol–water partition coefficient (Wildman–Crippen LogP) is 2.75. The highest BCUT2D eigenvalue weighted by molar-refractivity contribution is 7.89. The van der Waals surface area contributed by atoms with Crippen LogP contribution in [-0.4, -0.2) is 51.0 Å². The molecule has 0 aliphatic carbocycles. The number of amides is 2. The molecular formula is C24H27N3O6S. The van der Waals surface area contributed by atoms with Gasteiger partial charge in [-0.05, 0) is 61.6 Å². The van der Waals surface area contributed by atoms with Crippen LogP contribution in [0.3, 0.4) is 0 Å². The van der Waals surface area contributed by atoms with Gasteiger partial charge in [0.15, 0.2) is 11.5 Å². The van der Waals surface area contributed by atoms with Crippen LogP contribution in [0.15, 0.2) is 41.3 Å². The minimum absolute atomic E-state index is 0.0519. The van der Waals surface area contributed by atoms with E-state index in [-0.39, 0.29) is 30.0 Å². The average molecular weight is 486 g/mol. The Morgan fingerprint density at radius 2 is 1.85 bits per heavy atom. The standard InChI is InChI=1S/C24H27N3O6S/c1-16(28)27-11-3-4-17-12-20(7-8-21(17)27)34(30,31)26-10-2-5-18(14-26)24(29)25-19-6-9-22-23(13-19)33-15-32-22/h6-9,12-13,18H,2-5,10-11,14-15H2,1H3,(H,25,29). The molecule has 1 N–H and O–H groups in total. The number of nitrogens with zero attached hydrogens (tertiary/aromatic N) is 2. The van der Waals surface area contributed by atoms with Crippen molar-refractivity contribution in [2.24, 2.45) is 5.92 Å². The van der Waals surface area contributed by atoms with Crippen molar-refractivity contribution in [2.75, 3.05) is 36.6 Å². The Bertz CT molecular complexity index is 1250. The van der Waals surface area contributed by atoms with Gasteiger partial charge >= 0.3 is 0 Å². The molecule has 0 spiro atoms. The number of nitrogens with one attached hydrogen (secondary N) is 1. The topological polar surface area (TPSA) is 105 Å². The fourth-order valence-electron chi connectivity index (χ4n) is 4.80. The summed E-state index contributed by atoms with van der Waals surface area (Å²) in [5.41, 5.74) is 2.22. The van der Waals surface area contributed by atoms with E-state index in [0.29, 0.717) is 43.1 Å². The van der Waals surface area contributed by atoms with Crippen molar-refractivity contribution in [3.8, 4) is 11.5 Å². The average Bonchev–Trinajstić information content (AvgIpc) is 3.31. The van der Waals surface area contributed by atoms with Crippen LogP contribution in [0.4, 0.5) is 11.4 Å². The van der Waals surface area contributed by atoms with Crippen molar-refractivity contribution in [1.82, 2.24) is 4.31 Å². The van der Waals surface area contributed by atoms with Gasteiger partial charge in [-0.3, -0.25) is 9.59 Å². The summed E-state index contributed by atoms with van der Waals surface area (Å²) in [7, 11) is -3.77. The number of hydrogen-bond donors (Lipinski definition) is 1. The van der Waals surface area contributed by atoms with Gasteiger partial charge < -0.3 is 19.7 Å². The van der Waals surface area contributed by atoms with E-state index < -0.39 is 15.9 Å². The van der Waals surface area contributed by atoms with Crippen molar-refractivity contribution in [3.05, 3.63) is 42.0 Å². The molecule has 0 aromatic heterocycles. The summed E-state index contributed by atoms with van der Waals surface area (Å²) in [5, 5.41) is 2.88. The fourth-order valence-corrected chi connectivity index (χ4v) is 6.38. The lowest BCUT2D eigenvalue weighted by Gasteiger charge is -2.32. The van der Waals surface area contributed by atoms with Gasteiger partial charge in [0.2, 0.25) is 28.6 Å². The van der Waals surface area contributed by atoms with Gasteiger partial charge in [-0.25, -0.2) is 8.42 Å². The first-order valence-corrected chi connectivity index (χ1v) is 12.9. The van der Waals surface area contributed by atoms with Crippen molar-refractivity contribution < 1.29 is 27.5 Å². The molecule has 1 fully saturated rings. The number of rotatable bonds is 4. The molecule has 3 aliphatic rings. The van der Waals surface area contributed by atoms with E-state index in [4.69, 9.17) is 9.47 Å². The number of aryl methyl sites for hydroxylation is 1. The molecule has 2 aromatic rings. The van der Waals surface area contributed by atoms with Crippen LogP contribution < -0.4 is 19.7 Å². The maximum Gasteiger partial charge on any atom is 0.243 e. The van der Waals surface area contributed by atoms with Gasteiger partial charge in [0.25, 0.3) is 0 Å². The number of anilines is 2. The molecule has 2 amide bonds. The molecule has 5 rings (SSSR count). The lowest BCUT2D eigenvalue weighted by atomic mass is 9.98. The van der Waals surface area contributed by atoms with Crippen LogP contribution in [-0.2, 0) is 26.0 Å². The summed E-state index contributed by atoms with van der Waals surface area (Å²) in [6.45, 7) is 2.79. The summed E-state index contributed by atoms with van der Waals surface area (Å²) in [4.78, 5) is 26.7. The van der Waals surface area contributed by atoms with Gasteiger partial charge in [-0.2, -0.15) is 4.31 Å². The number of hydrogen-bond acceptors (Lipinski definition) is 6. The number of benzene rings is 2. The maximum atomic E-state index is 13.4. The van der Waals surface area contributed by atoms with Crippen molar-refractivity contribution in [3.63, 3.8) is 0 Å². The van der Waals surface area contributed by atoms with Crippen molar-refractivity contribution >= 4 is 33.2 Å². The molecule has 180 valence electrons. The molecular weight excluding hydrogens is 458 g/mol. The zero-order chi connectivity index (χ0) is 23.9. The van der Waals surface area contributed by atoms with E-state index in [0.717, 1.165) is 24.1 Å². The molecule has 1 saturated heterocycles. The second-order valence-electron chi connectivity index (χ2n) is 8.82. The Kier molecular flexibility index (Phi) is 5.95. The van der Waals surface area contributed by atoms with Crippen LogP contribution in [0.25, 0.3) is 0 Å². The van der Waals surface area contributed by atoms with E-state index >= 15 is 0 Å². The lowest BCUT2D eigenvalue weighted by molar-refractivity contribution is -0.121. The van der Waals surface area contributed by atoms with Gasteiger partial charge in [-0.1, -0.05) is 0 Å². The molecule has 9 nitrogen and oxygen atoms in total. The summed E-state index contributed by atoms with van der Waals surface area (Å²) in [6, 6.07) is 10.1. The largest absolute Gasteiger partial charge is 0.454 e. The maximum absolute atomic E-state index is 13.4. The molecule has 0 radical (unpaired) electrons. The first-order valence-electron chi connectivity index (χ1n) is 11.4. The monoisotopic (exact) mass is 485 g/mol. The first kappa shape index (κ1) is 22.7. The highest BCUT2D eigenvalue weighted by Crippen LogP contribution is 2.35. The summed E-state index contributed by atoms with van der Waals surface area (Å²) >= 11 is 0.